The number of carbonyl (C=O) groups is 2. The van der Waals surface area contributed by atoms with E-state index in [0.29, 0.717) is 43.2 Å². The summed E-state index contributed by atoms with van der Waals surface area (Å²) in [6, 6.07) is 0.540. The average molecular weight is 1000 g/mol. The zero-order chi connectivity index (χ0) is 52.0. The van der Waals surface area contributed by atoms with Crippen LogP contribution in [-0.2, 0) is 19.0 Å². The second-order valence-electron chi connectivity index (χ2n) is 22.2. The number of anilines is 1. The van der Waals surface area contributed by atoms with Crippen molar-refractivity contribution in [2.24, 2.45) is 39.6 Å². The standard InChI is InChI=1S/C55H80N6O11/c1-30(2)29-59-24-20-55(21-25-59)57-42-39-40-47(64)36(8)50-41(39)51(66)54(9,72-50)70-28-19-38(69-10)33(5)49(71-53(68)61-23-14-22-60(26-27-61)37-17-11-12-18-37)35(7)46(63)34(6)45(62)31(3)15-13-16-32(4)52(67)56-44(48(40)65)43(42)58-55/h13,15-16,19,28,30-31,33-35,37-38,45-46,49,51,62-66H,11-12,14,17-18,20-27,29H2,1-10H3,(H,56,67)/b15-13+,28-19+,32-16-/t31-,33+,34+,35+,38-,45-,46+,49+,51?,54-/m0/s1. The maximum absolute atomic E-state index is 14.3. The van der Waals surface area contributed by atoms with E-state index < -0.39 is 83.4 Å². The largest absolute Gasteiger partial charge is 0.507 e. The van der Waals surface area contributed by atoms with E-state index in [0.717, 1.165) is 39.1 Å². The monoisotopic (exact) mass is 1000 g/mol. The average Bonchev–Trinajstić information content (AvgIpc) is 4.03. The normalized spacial score (nSPS) is 33.6. The first-order valence-electron chi connectivity index (χ1n) is 26.4. The summed E-state index contributed by atoms with van der Waals surface area (Å²) < 4.78 is 25.4. The van der Waals surface area contributed by atoms with Gasteiger partial charge in [0.25, 0.3) is 11.7 Å². The SMILES string of the molecule is CO[C@H]1/C=C/O[C@@]2(C)Oc3c(C)c(O)c4c(O)c(c5c(c4c3C2O)=NC2(CCN(CC(C)C)CC2)N=5)NC(=O)/C(C)=C\C=C\[C@H](C)[C@H](O)[C@@H](C)[C@@H](O)[C@@H](C)[C@H](OC(=O)N2CCCN(C3CCCC3)CC2)[C@@H]1C. The van der Waals surface area contributed by atoms with Gasteiger partial charge in [0.2, 0.25) is 0 Å². The summed E-state index contributed by atoms with van der Waals surface area (Å²) in [5, 5.41) is 64.1. The molecule has 396 valence electrons. The number of fused-ring (bicyclic) bond motifs is 13. The Morgan fingerprint density at radius 2 is 1.57 bits per heavy atom. The van der Waals surface area contributed by atoms with Crippen molar-refractivity contribution >= 4 is 28.5 Å². The Morgan fingerprint density at radius 3 is 2.25 bits per heavy atom. The van der Waals surface area contributed by atoms with Crippen LogP contribution in [0.1, 0.15) is 118 Å². The zero-order valence-corrected chi connectivity index (χ0v) is 44.1. The number of amides is 2. The van der Waals surface area contributed by atoms with Gasteiger partial charge in [-0.3, -0.25) is 19.7 Å². The lowest BCUT2D eigenvalue weighted by molar-refractivity contribution is -0.181. The number of nitrogens with zero attached hydrogens (tertiary/aromatic N) is 5. The van der Waals surface area contributed by atoms with Crippen molar-refractivity contribution in [1.82, 2.24) is 14.7 Å². The summed E-state index contributed by atoms with van der Waals surface area (Å²) >= 11 is 0. The van der Waals surface area contributed by atoms with Gasteiger partial charge in [-0.15, -0.1) is 0 Å². The highest BCUT2D eigenvalue weighted by Gasteiger charge is 2.50. The number of aromatic hydroxyl groups is 2. The van der Waals surface area contributed by atoms with Crippen LogP contribution in [0.15, 0.2) is 46.1 Å². The number of carbonyl (C=O) groups excluding carboxylic acids is 2. The fourth-order valence-electron chi connectivity index (χ4n) is 12.1. The lowest BCUT2D eigenvalue weighted by Crippen LogP contribution is -2.48. The predicted octanol–water partition coefficient (Wildman–Crippen LogP) is 6.12. The Hall–Kier alpha value is -4.78. The van der Waals surface area contributed by atoms with Crippen LogP contribution < -0.4 is 20.8 Å². The smallest absolute Gasteiger partial charge is 0.410 e. The highest BCUT2D eigenvalue weighted by molar-refractivity contribution is 6.08. The Morgan fingerprint density at radius 1 is 0.875 bits per heavy atom. The molecule has 2 amide bonds. The topological polar surface area (TPSA) is 219 Å². The Bertz CT molecular complexity index is 2570. The molecule has 2 saturated heterocycles. The maximum Gasteiger partial charge on any atom is 0.410 e. The van der Waals surface area contributed by atoms with E-state index in [1.54, 1.807) is 56.9 Å². The van der Waals surface area contributed by atoms with E-state index >= 15 is 0 Å². The highest BCUT2D eigenvalue weighted by atomic mass is 16.7. The van der Waals surface area contributed by atoms with Crippen LogP contribution >= 0.6 is 0 Å². The van der Waals surface area contributed by atoms with Gasteiger partial charge >= 0.3 is 6.09 Å². The second kappa shape index (κ2) is 21.6. The van der Waals surface area contributed by atoms with Crippen LogP contribution in [0.4, 0.5) is 10.5 Å². The minimum atomic E-state index is -1.78. The number of hydrogen-bond acceptors (Lipinski definition) is 15. The van der Waals surface area contributed by atoms with Gasteiger partial charge in [-0.25, -0.2) is 4.79 Å². The fraction of sp³-hybridized carbons (Fsp3) is 0.673. The van der Waals surface area contributed by atoms with Crippen LogP contribution in [0, 0.1) is 36.5 Å². The molecule has 17 heteroatoms. The van der Waals surface area contributed by atoms with E-state index in [1.807, 2.05) is 20.8 Å². The molecule has 10 atom stereocenters. The quantitative estimate of drug-likeness (QED) is 0.186. The van der Waals surface area contributed by atoms with E-state index in [1.165, 1.54) is 39.1 Å². The van der Waals surface area contributed by atoms with Crippen LogP contribution in [0.2, 0.25) is 0 Å². The molecule has 6 N–H and O–H groups in total. The summed E-state index contributed by atoms with van der Waals surface area (Å²) in [5.74, 6) is -4.92. The third kappa shape index (κ3) is 10.3. The molecule has 0 radical (unpaired) electrons. The molecule has 1 unspecified atom stereocenters. The molecule has 17 nitrogen and oxygen atoms in total. The number of phenols is 2. The van der Waals surface area contributed by atoms with Gasteiger partial charge in [0, 0.05) is 124 Å². The molecule has 1 spiro atoms. The third-order valence-electron chi connectivity index (χ3n) is 16.6. The zero-order valence-electron chi connectivity index (χ0n) is 44.1. The lowest BCUT2D eigenvalue weighted by Gasteiger charge is -2.39. The van der Waals surface area contributed by atoms with Crippen LogP contribution in [-0.4, -0.2) is 147 Å². The predicted molar refractivity (Wildman–Crippen MR) is 273 cm³/mol. The van der Waals surface area contributed by atoms with E-state index in [-0.39, 0.29) is 50.0 Å². The molecular formula is C55H80N6O11. The first-order valence-corrected chi connectivity index (χ1v) is 26.4. The number of allylic oxidation sites excluding steroid dienone is 2. The number of methoxy groups -OCH3 is 1. The lowest BCUT2D eigenvalue weighted by atomic mass is 9.78. The summed E-state index contributed by atoms with van der Waals surface area (Å²) in [4.78, 5) is 45.4. The highest BCUT2D eigenvalue weighted by Crippen LogP contribution is 2.54. The van der Waals surface area contributed by atoms with Crippen molar-refractivity contribution in [3.8, 4) is 17.2 Å². The summed E-state index contributed by atoms with van der Waals surface area (Å²) in [6.07, 6.45) is 8.97. The van der Waals surface area contributed by atoms with E-state index in [9.17, 15) is 35.1 Å². The number of piperidine rings is 1. The molecule has 2 aromatic rings. The first-order chi connectivity index (χ1) is 34.2. The number of nitrogens with one attached hydrogen (secondary N) is 1. The number of phenolic OH excluding ortho intramolecular Hbond substituents is 2. The van der Waals surface area contributed by atoms with Crippen molar-refractivity contribution in [3.05, 3.63) is 58.0 Å². The minimum absolute atomic E-state index is 0.0225. The van der Waals surface area contributed by atoms with Crippen LogP contribution in [0.5, 0.6) is 17.2 Å². The van der Waals surface area contributed by atoms with Crippen LogP contribution in [0.3, 0.4) is 0 Å². The Balaban J connectivity index is 1.19. The molecule has 6 heterocycles. The second-order valence-corrected chi connectivity index (χ2v) is 22.2. The molecule has 2 aromatic carbocycles. The van der Waals surface area contributed by atoms with Gasteiger partial charge < -0.3 is 59.6 Å². The number of aliphatic hydroxyl groups excluding tert-OH is 3. The maximum atomic E-state index is 14.3. The number of ether oxygens (including phenoxy) is 4. The first kappa shape index (κ1) is 53.5. The van der Waals surface area contributed by atoms with Gasteiger partial charge in [0.05, 0.1) is 35.3 Å². The summed E-state index contributed by atoms with van der Waals surface area (Å²) in [5.41, 5.74) is -0.230. The molecular weight excluding hydrogens is 921 g/mol. The minimum Gasteiger partial charge on any atom is -0.507 e. The molecule has 9 rings (SSSR count). The van der Waals surface area contributed by atoms with Crippen molar-refractivity contribution in [1.29, 1.82) is 0 Å². The summed E-state index contributed by atoms with van der Waals surface area (Å²) in [7, 11) is 1.53. The van der Waals surface area contributed by atoms with Crippen molar-refractivity contribution < 1.29 is 54.1 Å². The molecule has 1 aliphatic carbocycles. The fourth-order valence-corrected chi connectivity index (χ4v) is 12.1. The van der Waals surface area contributed by atoms with Gasteiger partial charge in [-0.1, -0.05) is 72.6 Å². The van der Waals surface area contributed by atoms with Crippen molar-refractivity contribution in [2.75, 3.05) is 58.2 Å². The van der Waals surface area contributed by atoms with Gasteiger partial charge in [-0.2, -0.15) is 0 Å². The molecule has 6 aliphatic heterocycles. The molecule has 3 fully saturated rings. The van der Waals surface area contributed by atoms with E-state index in [2.05, 4.69) is 29.0 Å². The van der Waals surface area contributed by atoms with Crippen molar-refractivity contribution in [3.63, 3.8) is 0 Å². The van der Waals surface area contributed by atoms with Gasteiger partial charge in [0.1, 0.15) is 28.6 Å². The molecule has 7 aliphatic rings. The number of benzene rings is 2. The number of rotatable bonds is 5. The third-order valence-corrected chi connectivity index (χ3v) is 16.6. The van der Waals surface area contributed by atoms with Crippen molar-refractivity contribution in [2.45, 2.75) is 155 Å². The molecule has 5 bridgehead atoms. The molecule has 72 heavy (non-hydrogen) atoms. The van der Waals surface area contributed by atoms with Gasteiger partial charge in [-0.05, 0) is 45.1 Å². The van der Waals surface area contributed by atoms with Crippen LogP contribution in [0.25, 0.3) is 10.8 Å². The van der Waals surface area contributed by atoms with E-state index in [4.69, 9.17) is 28.9 Å². The number of likely N-dealkylation sites (tertiary alicyclic amines) is 1. The molecule has 1 saturated carbocycles. The Kier molecular flexibility index (Phi) is 16.0. The van der Waals surface area contributed by atoms with Gasteiger partial charge in [0.15, 0.2) is 17.5 Å². The Labute approximate surface area is 424 Å². The number of hydrogen-bond donors (Lipinski definition) is 6. The summed E-state index contributed by atoms with van der Waals surface area (Å²) in [6.45, 7) is 21.5. The number of aliphatic hydroxyl groups is 3. The molecule has 0 aromatic heterocycles.